The summed E-state index contributed by atoms with van der Waals surface area (Å²) in [6, 6.07) is 3.39. The molecule has 0 atom stereocenters. The summed E-state index contributed by atoms with van der Waals surface area (Å²) >= 11 is 4.79. The van der Waals surface area contributed by atoms with Crippen LogP contribution in [0, 0.1) is 24.4 Å². The third-order valence-electron chi connectivity index (χ3n) is 2.39. The number of halogens is 3. The van der Waals surface area contributed by atoms with Gasteiger partial charge in [0.2, 0.25) is 5.95 Å². The van der Waals surface area contributed by atoms with E-state index >= 15 is 0 Å². The molecule has 0 spiro atoms. The van der Waals surface area contributed by atoms with Crippen molar-refractivity contribution in [1.29, 1.82) is 0 Å². The molecule has 0 aliphatic heterocycles. The number of thiocarbonyl (C=S) groups is 1. The van der Waals surface area contributed by atoms with Crippen molar-refractivity contribution in [1.82, 2.24) is 9.97 Å². The minimum Gasteiger partial charge on any atom is -0.388 e. The first-order valence-electron chi connectivity index (χ1n) is 5.44. The molecule has 1 aromatic heterocycles. The topological polar surface area (TPSA) is 63.8 Å². The molecule has 104 valence electrons. The molecule has 1 heterocycles. The summed E-state index contributed by atoms with van der Waals surface area (Å²) in [5.41, 5.74) is 5.99. The Bertz CT molecular complexity index is 691. The van der Waals surface area contributed by atoms with E-state index in [1.165, 1.54) is 0 Å². The van der Waals surface area contributed by atoms with Gasteiger partial charge in [0.1, 0.15) is 10.7 Å². The van der Waals surface area contributed by atoms with E-state index in [2.05, 4.69) is 15.3 Å². The summed E-state index contributed by atoms with van der Waals surface area (Å²) in [5.74, 6) is -4.22. The maximum Gasteiger partial charge on any atom is 0.228 e. The van der Waals surface area contributed by atoms with Gasteiger partial charge in [-0.05, 0) is 25.1 Å². The summed E-state index contributed by atoms with van der Waals surface area (Å²) in [5, 5.41) is 2.46. The second-order valence-electron chi connectivity index (χ2n) is 3.93. The lowest BCUT2D eigenvalue weighted by Crippen LogP contribution is -2.14. The Morgan fingerprint density at radius 3 is 2.55 bits per heavy atom. The van der Waals surface area contributed by atoms with Crippen LogP contribution < -0.4 is 11.1 Å². The number of rotatable bonds is 3. The van der Waals surface area contributed by atoms with Crippen LogP contribution in [-0.4, -0.2) is 15.0 Å². The van der Waals surface area contributed by atoms with Gasteiger partial charge in [-0.3, -0.25) is 0 Å². The highest BCUT2D eigenvalue weighted by molar-refractivity contribution is 7.80. The standard InChI is InChI=1S/C12H9F3N4S/c1-5-4-8(11(16)20)19-12(17-5)18-7-3-2-6(13)9(14)10(7)15/h2-4H,1H3,(H2,16,20)(H,17,18,19). The van der Waals surface area contributed by atoms with Gasteiger partial charge in [0.25, 0.3) is 0 Å². The number of hydrogen-bond donors (Lipinski definition) is 2. The van der Waals surface area contributed by atoms with Crippen LogP contribution in [0.15, 0.2) is 18.2 Å². The lowest BCUT2D eigenvalue weighted by atomic mass is 10.3. The van der Waals surface area contributed by atoms with Gasteiger partial charge >= 0.3 is 0 Å². The minimum atomic E-state index is -1.57. The Kier molecular flexibility index (Phi) is 3.84. The molecule has 0 saturated carbocycles. The Morgan fingerprint density at radius 1 is 1.20 bits per heavy atom. The van der Waals surface area contributed by atoms with Gasteiger partial charge in [-0.1, -0.05) is 12.2 Å². The van der Waals surface area contributed by atoms with E-state index in [9.17, 15) is 13.2 Å². The zero-order chi connectivity index (χ0) is 14.9. The predicted molar refractivity (Wildman–Crippen MR) is 72.3 cm³/mol. The number of aryl methyl sites for hydroxylation is 1. The Labute approximate surface area is 117 Å². The molecule has 20 heavy (non-hydrogen) atoms. The molecule has 4 nitrogen and oxygen atoms in total. The fourth-order valence-electron chi connectivity index (χ4n) is 1.49. The van der Waals surface area contributed by atoms with E-state index in [0.717, 1.165) is 12.1 Å². The highest BCUT2D eigenvalue weighted by Crippen LogP contribution is 2.22. The fraction of sp³-hybridized carbons (Fsp3) is 0.0833. The largest absolute Gasteiger partial charge is 0.388 e. The van der Waals surface area contributed by atoms with Crippen LogP contribution in [0.3, 0.4) is 0 Å². The van der Waals surface area contributed by atoms with Crippen molar-refractivity contribution in [2.45, 2.75) is 6.92 Å². The van der Waals surface area contributed by atoms with Crippen molar-refractivity contribution >= 4 is 28.8 Å². The molecule has 2 rings (SSSR count). The van der Waals surface area contributed by atoms with Gasteiger partial charge in [-0.2, -0.15) is 0 Å². The Balaban J connectivity index is 2.40. The van der Waals surface area contributed by atoms with Crippen molar-refractivity contribution in [2.24, 2.45) is 5.73 Å². The molecule has 8 heteroatoms. The second-order valence-corrected chi connectivity index (χ2v) is 4.37. The maximum absolute atomic E-state index is 13.5. The van der Waals surface area contributed by atoms with Gasteiger partial charge in [-0.15, -0.1) is 0 Å². The van der Waals surface area contributed by atoms with E-state index < -0.39 is 17.5 Å². The molecule has 0 radical (unpaired) electrons. The number of nitrogens with zero attached hydrogens (tertiary/aromatic N) is 2. The number of nitrogens with one attached hydrogen (secondary N) is 1. The van der Waals surface area contributed by atoms with Gasteiger partial charge in [0, 0.05) is 5.69 Å². The maximum atomic E-state index is 13.5. The van der Waals surface area contributed by atoms with E-state index in [-0.39, 0.29) is 22.3 Å². The van der Waals surface area contributed by atoms with Crippen LogP contribution in [-0.2, 0) is 0 Å². The molecule has 0 amide bonds. The molecular weight excluding hydrogens is 289 g/mol. The van der Waals surface area contributed by atoms with Gasteiger partial charge in [0.05, 0.1) is 5.69 Å². The average molecular weight is 298 g/mol. The normalized spacial score (nSPS) is 10.4. The molecular formula is C12H9F3N4S. The van der Waals surface area contributed by atoms with Crippen molar-refractivity contribution in [3.63, 3.8) is 0 Å². The monoisotopic (exact) mass is 298 g/mol. The molecule has 1 aromatic carbocycles. The molecule has 0 fully saturated rings. The molecule has 0 aliphatic carbocycles. The first kappa shape index (κ1) is 14.2. The predicted octanol–water partition coefficient (Wildman–Crippen LogP) is 2.58. The summed E-state index contributed by atoms with van der Waals surface area (Å²) in [6.45, 7) is 1.66. The molecule has 0 saturated heterocycles. The zero-order valence-electron chi connectivity index (χ0n) is 10.2. The first-order valence-corrected chi connectivity index (χ1v) is 5.85. The van der Waals surface area contributed by atoms with Gasteiger partial charge in [0.15, 0.2) is 17.5 Å². The lowest BCUT2D eigenvalue weighted by molar-refractivity contribution is 0.449. The zero-order valence-corrected chi connectivity index (χ0v) is 11.1. The average Bonchev–Trinajstić information content (AvgIpc) is 2.39. The minimum absolute atomic E-state index is 0.0160. The number of hydrogen-bond acceptors (Lipinski definition) is 4. The van der Waals surface area contributed by atoms with Gasteiger partial charge in [-0.25, -0.2) is 23.1 Å². The van der Waals surface area contributed by atoms with E-state index in [1.54, 1.807) is 13.0 Å². The fourth-order valence-corrected chi connectivity index (χ4v) is 1.60. The van der Waals surface area contributed by atoms with Crippen molar-refractivity contribution < 1.29 is 13.2 Å². The highest BCUT2D eigenvalue weighted by atomic mass is 32.1. The smallest absolute Gasteiger partial charge is 0.228 e. The Morgan fingerprint density at radius 2 is 1.90 bits per heavy atom. The third kappa shape index (κ3) is 2.85. The molecule has 0 bridgehead atoms. The van der Waals surface area contributed by atoms with Crippen molar-refractivity contribution in [3.05, 3.63) is 47.0 Å². The Hall–Kier alpha value is -2.22. The van der Waals surface area contributed by atoms with Crippen molar-refractivity contribution in [3.8, 4) is 0 Å². The highest BCUT2D eigenvalue weighted by Gasteiger charge is 2.14. The summed E-state index contributed by atoms with van der Waals surface area (Å²) in [7, 11) is 0. The number of benzene rings is 1. The number of anilines is 2. The van der Waals surface area contributed by atoms with Crippen LogP contribution >= 0.6 is 12.2 Å². The van der Waals surface area contributed by atoms with Crippen LogP contribution in [0.4, 0.5) is 24.8 Å². The molecule has 0 unspecified atom stereocenters. The lowest BCUT2D eigenvalue weighted by Gasteiger charge is -2.09. The van der Waals surface area contributed by atoms with Crippen LogP contribution in [0.2, 0.25) is 0 Å². The summed E-state index contributed by atoms with van der Waals surface area (Å²) in [6.07, 6.45) is 0. The molecule has 3 N–H and O–H groups in total. The number of nitrogens with two attached hydrogens (primary N) is 1. The van der Waals surface area contributed by atoms with E-state index in [1.807, 2.05) is 0 Å². The summed E-state index contributed by atoms with van der Waals surface area (Å²) < 4.78 is 39.5. The van der Waals surface area contributed by atoms with E-state index in [0.29, 0.717) is 5.69 Å². The van der Waals surface area contributed by atoms with Crippen molar-refractivity contribution in [2.75, 3.05) is 5.32 Å². The van der Waals surface area contributed by atoms with E-state index in [4.69, 9.17) is 18.0 Å². The quantitative estimate of drug-likeness (QED) is 0.673. The first-order chi connectivity index (χ1) is 9.38. The second kappa shape index (κ2) is 5.41. The SMILES string of the molecule is Cc1cc(C(N)=S)nc(Nc2ccc(F)c(F)c2F)n1. The van der Waals surface area contributed by atoms with Crippen LogP contribution in [0.5, 0.6) is 0 Å². The number of aromatic nitrogens is 2. The van der Waals surface area contributed by atoms with Crippen LogP contribution in [0.25, 0.3) is 0 Å². The molecule has 2 aromatic rings. The van der Waals surface area contributed by atoms with Crippen LogP contribution in [0.1, 0.15) is 11.4 Å². The van der Waals surface area contributed by atoms with Gasteiger partial charge < -0.3 is 11.1 Å². The third-order valence-corrected chi connectivity index (χ3v) is 2.60. The molecule has 0 aliphatic rings. The summed E-state index contributed by atoms with van der Waals surface area (Å²) in [4.78, 5) is 7.98.